The van der Waals surface area contributed by atoms with Crippen LogP contribution in [0.5, 0.6) is 0 Å². The Balaban J connectivity index is 1.43. The van der Waals surface area contributed by atoms with Crippen molar-refractivity contribution >= 4 is 11.6 Å². The van der Waals surface area contributed by atoms with Crippen LogP contribution in [-0.4, -0.2) is 43.3 Å². The molecule has 1 aromatic rings. The average Bonchev–Trinajstić information content (AvgIpc) is 3.28. The molecule has 1 aliphatic carbocycles. The summed E-state index contributed by atoms with van der Waals surface area (Å²) in [5.41, 5.74) is 0.904. The number of ether oxygens (including phenoxy) is 1. The van der Waals surface area contributed by atoms with Gasteiger partial charge in [0.05, 0.1) is 17.7 Å². The van der Waals surface area contributed by atoms with Crippen molar-refractivity contribution in [3.05, 3.63) is 34.6 Å². The fourth-order valence-corrected chi connectivity index (χ4v) is 2.78. The third kappa shape index (κ3) is 3.70. The largest absolute Gasteiger partial charge is 0.374 e. The second-order valence-corrected chi connectivity index (χ2v) is 6.01. The minimum atomic E-state index is -0.361. The van der Waals surface area contributed by atoms with Gasteiger partial charge < -0.3 is 10.1 Å². The van der Waals surface area contributed by atoms with Gasteiger partial charge in [0.1, 0.15) is 5.82 Å². The lowest BCUT2D eigenvalue weighted by atomic mass is 10.2. The maximum atomic E-state index is 13.3. The Hall–Kier alpha value is -0.680. The molecule has 2 fully saturated rings. The first-order valence-corrected chi connectivity index (χ1v) is 7.60. The summed E-state index contributed by atoms with van der Waals surface area (Å²) in [7, 11) is 0. The van der Waals surface area contributed by atoms with Crippen LogP contribution >= 0.6 is 11.6 Å². The Morgan fingerprint density at radius 2 is 2.25 bits per heavy atom. The highest BCUT2D eigenvalue weighted by atomic mass is 35.5. The van der Waals surface area contributed by atoms with Gasteiger partial charge in [0, 0.05) is 32.2 Å². The van der Waals surface area contributed by atoms with Crippen molar-refractivity contribution in [3.63, 3.8) is 0 Å². The zero-order chi connectivity index (χ0) is 13.9. The summed E-state index contributed by atoms with van der Waals surface area (Å²) >= 11 is 5.67. The quantitative estimate of drug-likeness (QED) is 0.903. The Bertz CT molecular complexity index is 467. The molecule has 20 heavy (non-hydrogen) atoms. The van der Waals surface area contributed by atoms with Gasteiger partial charge in [-0.05, 0) is 30.5 Å². The zero-order valence-electron chi connectivity index (χ0n) is 11.4. The normalized spacial score (nSPS) is 24.0. The van der Waals surface area contributed by atoms with Crippen LogP contribution in [0.3, 0.4) is 0 Å². The molecule has 1 saturated heterocycles. The number of benzene rings is 1. The molecule has 2 aliphatic rings. The molecule has 3 rings (SSSR count). The van der Waals surface area contributed by atoms with E-state index in [2.05, 4.69) is 10.2 Å². The number of hydrogen-bond donors (Lipinski definition) is 1. The van der Waals surface area contributed by atoms with Crippen molar-refractivity contribution in [2.45, 2.75) is 31.5 Å². The number of hydrogen-bond acceptors (Lipinski definition) is 3. The second-order valence-electron chi connectivity index (χ2n) is 5.60. The van der Waals surface area contributed by atoms with E-state index >= 15 is 0 Å². The third-order valence-corrected chi connectivity index (χ3v) is 4.23. The van der Waals surface area contributed by atoms with E-state index in [4.69, 9.17) is 16.3 Å². The maximum absolute atomic E-state index is 13.3. The topological polar surface area (TPSA) is 24.5 Å². The molecule has 1 atom stereocenters. The van der Waals surface area contributed by atoms with Gasteiger partial charge in [0.25, 0.3) is 0 Å². The highest BCUT2D eigenvalue weighted by Gasteiger charge is 2.32. The molecule has 1 aromatic carbocycles. The summed E-state index contributed by atoms with van der Waals surface area (Å²) in [5, 5.41) is 3.51. The Labute approximate surface area is 124 Å². The molecule has 0 radical (unpaired) electrons. The number of nitrogens with zero attached hydrogens (tertiary/aromatic N) is 1. The first-order chi connectivity index (χ1) is 9.72. The van der Waals surface area contributed by atoms with Crippen molar-refractivity contribution in [1.82, 2.24) is 10.2 Å². The summed E-state index contributed by atoms with van der Waals surface area (Å²) in [6.45, 7) is 4.32. The summed E-state index contributed by atoms with van der Waals surface area (Å²) in [6.07, 6.45) is 2.91. The van der Waals surface area contributed by atoms with E-state index in [0.29, 0.717) is 6.54 Å². The maximum Gasteiger partial charge on any atom is 0.142 e. The number of rotatable bonds is 5. The summed E-state index contributed by atoms with van der Waals surface area (Å²) in [4.78, 5) is 2.53. The Morgan fingerprint density at radius 1 is 1.40 bits per heavy atom. The van der Waals surface area contributed by atoms with Crippen LogP contribution < -0.4 is 5.32 Å². The van der Waals surface area contributed by atoms with Gasteiger partial charge in [0.2, 0.25) is 0 Å². The molecule has 1 aliphatic heterocycles. The molecule has 1 unspecified atom stereocenters. The van der Waals surface area contributed by atoms with Crippen LogP contribution in [0.4, 0.5) is 4.39 Å². The lowest BCUT2D eigenvalue weighted by molar-refractivity contribution is -0.0301. The first-order valence-electron chi connectivity index (χ1n) is 7.22. The van der Waals surface area contributed by atoms with Gasteiger partial charge in [-0.2, -0.15) is 0 Å². The smallest absolute Gasteiger partial charge is 0.142 e. The van der Waals surface area contributed by atoms with Gasteiger partial charge in [-0.25, -0.2) is 4.39 Å². The predicted molar refractivity (Wildman–Crippen MR) is 77.5 cm³/mol. The monoisotopic (exact) mass is 298 g/mol. The van der Waals surface area contributed by atoms with Crippen LogP contribution in [0, 0.1) is 5.82 Å². The van der Waals surface area contributed by atoms with E-state index in [9.17, 15) is 4.39 Å². The van der Waals surface area contributed by atoms with Crippen LogP contribution in [0.1, 0.15) is 18.4 Å². The number of halogens is 2. The fourth-order valence-electron chi connectivity index (χ4n) is 2.66. The van der Waals surface area contributed by atoms with Gasteiger partial charge >= 0.3 is 0 Å². The minimum Gasteiger partial charge on any atom is -0.374 e. The Kier molecular flexibility index (Phi) is 4.56. The zero-order valence-corrected chi connectivity index (χ0v) is 12.2. The summed E-state index contributed by atoms with van der Waals surface area (Å²) < 4.78 is 19.1. The summed E-state index contributed by atoms with van der Waals surface area (Å²) in [6, 6.07) is 5.72. The van der Waals surface area contributed by atoms with Crippen molar-refractivity contribution in [2.24, 2.45) is 0 Å². The second kappa shape index (κ2) is 6.39. The van der Waals surface area contributed by atoms with Gasteiger partial charge in [-0.3, -0.25) is 4.90 Å². The predicted octanol–water partition coefficient (Wildman–Crippen LogP) is 2.43. The number of morpholine rings is 1. The third-order valence-electron chi connectivity index (χ3n) is 3.92. The van der Waals surface area contributed by atoms with Gasteiger partial charge in [0.15, 0.2) is 0 Å². The average molecular weight is 299 g/mol. The van der Waals surface area contributed by atoms with Crippen LogP contribution in [0.25, 0.3) is 0 Å². The van der Waals surface area contributed by atoms with Crippen LogP contribution in [0.15, 0.2) is 18.2 Å². The van der Waals surface area contributed by atoms with Gasteiger partial charge in [-0.15, -0.1) is 0 Å². The van der Waals surface area contributed by atoms with Crippen molar-refractivity contribution in [3.8, 4) is 0 Å². The lowest BCUT2D eigenvalue weighted by Crippen LogP contribution is -2.47. The molecule has 0 aromatic heterocycles. The molecular formula is C15H20ClFN2O. The first kappa shape index (κ1) is 14.3. The fraction of sp³-hybridized carbons (Fsp3) is 0.600. The van der Waals surface area contributed by atoms with Crippen LogP contribution in [0.2, 0.25) is 5.02 Å². The molecule has 1 saturated carbocycles. The van der Waals surface area contributed by atoms with Crippen molar-refractivity contribution in [1.29, 1.82) is 0 Å². The standard InChI is InChI=1S/C15H20ClFN2O/c16-14-4-1-11(7-15(14)17)8-18-9-13-10-19(5-6-20-13)12-2-3-12/h1,4,7,12-13,18H,2-3,5-6,8-10H2. The molecule has 0 amide bonds. The van der Waals surface area contributed by atoms with E-state index in [1.807, 2.05) is 6.07 Å². The van der Waals surface area contributed by atoms with Crippen molar-refractivity contribution < 1.29 is 9.13 Å². The van der Waals surface area contributed by atoms with E-state index in [1.165, 1.54) is 18.9 Å². The molecule has 5 heteroatoms. The highest BCUT2D eigenvalue weighted by Crippen LogP contribution is 2.28. The molecule has 1 N–H and O–H groups in total. The van der Waals surface area contributed by atoms with Crippen molar-refractivity contribution in [2.75, 3.05) is 26.2 Å². The number of nitrogens with one attached hydrogen (secondary N) is 1. The molecule has 110 valence electrons. The molecule has 1 heterocycles. The SMILES string of the molecule is Fc1cc(CNCC2CN(C3CC3)CCO2)ccc1Cl. The summed E-state index contributed by atoms with van der Waals surface area (Å²) in [5.74, 6) is -0.361. The molecule has 3 nitrogen and oxygen atoms in total. The van der Waals surface area contributed by atoms with Gasteiger partial charge in [-0.1, -0.05) is 17.7 Å². The Morgan fingerprint density at radius 3 is 3.00 bits per heavy atom. The lowest BCUT2D eigenvalue weighted by Gasteiger charge is -2.33. The molecular weight excluding hydrogens is 279 g/mol. The molecule has 0 spiro atoms. The highest BCUT2D eigenvalue weighted by molar-refractivity contribution is 6.30. The van der Waals surface area contributed by atoms with E-state index < -0.39 is 0 Å². The molecule has 0 bridgehead atoms. The van der Waals surface area contributed by atoms with E-state index in [1.54, 1.807) is 6.07 Å². The van der Waals surface area contributed by atoms with E-state index in [-0.39, 0.29) is 16.9 Å². The van der Waals surface area contributed by atoms with Crippen LogP contribution in [-0.2, 0) is 11.3 Å². The minimum absolute atomic E-state index is 0.171. The van der Waals surface area contributed by atoms with E-state index in [0.717, 1.165) is 37.8 Å².